The summed E-state index contributed by atoms with van der Waals surface area (Å²) in [6.45, 7) is 2.15. The maximum atomic E-state index is 5.87. The first kappa shape index (κ1) is 12.6. The lowest BCUT2D eigenvalue weighted by Crippen LogP contribution is -2.18. The Labute approximate surface area is 109 Å². The van der Waals surface area contributed by atoms with Crippen LogP contribution in [0.5, 0.6) is 0 Å². The topological polar surface area (TPSA) is 47.3 Å². The van der Waals surface area contributed by atoms with Gasteiger partial charge in [-0.2, -0.15) is 0 Å². The number of rotatable bonds is 6. The van der Waals surface area contributed by atoms with Crippen molar-refractivity contribution in [2.45, 2.75) is 6.54 Å². The molecule has 0 saturated heterocycles. The van der Waals surface area contributed by atoms with Crippen molar-refractivity contribution in [3.05, 3.63) is 28.2 Å². The average Bonchev–Trinajstić information content (AvgIpc) is 2.93. The maximum absolute atomic E-state index is 5.87. The van der Waals surface area contributed by atoms with E-state index in [1.807, 2.05) is 18.2 Å². The third-order valence-electron chi connectivity index (χ3n) is 2.16. The normalized spacial score (nSPS) is 10.9. The summed E-state index contributed by atoms with van der Waals surface area (Å²) in [4.78, 5) is 0.991. The van der Waals surface area contributed by atoms with Crippen LogP contribution in [0.2, 0.25) is 4.34 Å². The first-order valence-electron chi connectivity index (χ1n) is 5.20. The molecule has 4 nitrogen and oxygen atoms in total. The fourth-order valence-corrected chi connectivity index (χ4v) is 2.34. The molecule has 0 unspecified atom stereocenters. The second kappa shape index (κ2) is 6.16. The fraction of sp³-hybridized carbons (Fsp3) is 0.364. The van der Waals surface area contributed by atoms with Gasteiger partial charge >= 0.3 is 0 Å². The van der Waals surface area contributed by atoms with Crippen molar-refractivity contribution in [2.75, 3.05) is 20.3 Å². The molecule has 0 aliphatic heterocycles. The van der Waals surface area contributed by atoms with Crippen molar-refractivity contribution >= 4 is 22.9 Å². The van der Waals surface area contributed by atoms with Gasteiger partial charge in [-0.1, -0.05) is 16.8 Å². The van der Waals surface area contributed by atoms with E-state index in [-0.39, 0.29) is 0 Å². The molecule has 2 aromatic heterocycles. The van der Waals surface area contributed by atoms with Crippen molar-refractivity contribution in [3.63, 3.8) is 0 Å². The summed E-state index contributed by atoms with van der Waals surface area (Å²) in [5, 5.41) is 7.19. The molecule has 1 N–H and O–H groups in total. The Morgan fingerprint density at radius 1 is 1.53 bits per heavy atom. The van der Waals surface area contributed by atoms with Gasteiger partial charge in [0.25, 0.3) is 0 Å². The Kier molecular flexibility index (Phi) is 4.56. The predicted octanol–water partition coefficient (Wildman–Crippen LogP) is 2.79. The molecule has 0 bridgehead atoms. The molecule has 6 heteroatoms. The lowest BCUT2D eigenvalue weighted by Gasteiger charge is -1.99. The molecular weight excluding hydrogens is 260 g/mol. The van der Waals surface area contributed by atoms with Crippen LogP contribution in [0.1, 0.15) is 5.69 Å². The maximum Gasteiger partial charge on any atom is 0.177 e. The van der Waals surface area contributed by atoms with Gasteiger partial charge in [0.15, 0.2) is 5.76 Å². The Balaban J connectivity index is 1.92. The third kappa shape index (κ3) is 3.54. The van der Waals surface area contributed by atoms with E-state index in [4.69, 9.17) is 20.9 Å². The van der Waals surface area contributed by atoms with Crippen molar-refractivity contribution in [2.24, 2.45) is 0 Å². The Morgan fingerprint density at radius 3 is 3.12 bits per heavy atom. The van der Waals surface area contributed by atoms with Crippen LogP contribution in [-0.4, -0.2) is 25.4 Å². The highest BCUT2D eigenvalue weighted by Gasteiger charge is 2.08. The quantitative estimate of drug-likeness (QED) is 0.822. The van der Waals surface area contributed by atoms with Gasteiger partial charge in [-0.15, -0.1) is 11.3 Å². The fourth-order valence-electron chi connectivity index (χ4n) is 1.35. The summed E-state index contributed by atoms with van der Waals surface area (Å²) >= 11 is 7.34. The van der Waals surface area contributed by atoms with Gasteiger partial charge in [-0.25, -0.2) is 0 Å². The molecule has 2 aromatic rings. The SMILES string of the molecule is COCCNCc1cc(-c2ccc(Cl)s2)on1. The molecule has 0 radical (unpaired) electrons. The molecule has 0 spiro atoms. The van der Waals surface area contributed by atoms with Gasteiger partial charge < -0.3 is 14.6 Å². The Bertz CT molecular complexity index is 469. The zero-order valence-electron chi connectivity index (χ0n) is 9.40. The zero-order valence-corrected chi connectivity index (χ0v) is 11.0. The monoisotopic (exact) mass is 272 g/mol. The molecule has 2 heterocycles. The summed E-state index contributed by atoms with van der Waals surface area (Å²) in [6.07, 6.45) is 0. The van der Waals surface area contributed by atoms with Crippen molar-refractivity contribution in [1.29, 1.82) is 0 Å². The van der Waals surface area contributed by atoms with Crippen LogP contribution < -0.4 is 5.32 Å². The number of halogens is 1. The molecule has 2 rings (SSSR count). The minimum absolute atomic E-state index is 0.673. The summed E-state index contributed by atoms with van der Waals surface area (Å²) < 4.78 is 10.9. The highest BCUT2D eigenvalue weighted by molar-refractivity contribution is 7.19. The minimum atomic E-state index is 0.673. The average molecular weight is 273 g/mol. The van der Waals surface area contributed by atoms with Gasteiger partial charge in [-0.3, -0.25) is 0 Å². The molecule has 0 fully saturated rings. The van der Waals surface area contributed by atoms with Crippen LogP contribution in [0.4, 0.5) is 0 Å². The highest BCUT2D eigenvalue weighted by atomic mass is 35.5. The van der Waals surface area contributed by atoms with Crippen LogP contribution in [0, 0.1) is 0 Å². The van der Waals surface area contributed by atoms with E-state index in [1.54, 1.807) is 7.11 Å². The van der Waals surface area contributed by atoms with Crippen molar-refractivity contribution in [1.82, 2.24) is 10.5 Å². The second-order valence-electron chi connectivity index (χ2n) is 3.46. The van der Waals surface area contributed by atoms with Crippen LogP contribution in [-0.2, 0) is 11.3 Å². The van der Waals surface area contributed by atoms with Gasteiger partial charge in [0.05, 0.1) is 21.5 Å². The zero-order chi connectivity index (χ0) is 12.1. The number of nitrogens with one attached hydrogen (secondary N) is 1. The van der Waals surface area contributed by atoms with E-state index in [2.05, 4.69) is 10.5 Å². The summed E-state index contributed by atoms with van der Waals surface area (Å²) in [5.74, 6) is 0.755. The van der Waals surface area contributed by atoms with E-state index < -0.39 is 0 Å². The second-order valence-corrected chi connectivity index (χ2v) is 5.17. The van der Waals surface area contributed by atoms with E-state index in [0.717, 1.165) is 27.2 Å². The van der Waals surface area contributed by atoms with Crippen molar-refractivity contribution in [3.8, 4) is 10.6 Å². The van der Waals surface area contributed by atoms with Crippen LogP contribution in [0.25, 0.3) is 10.6 Å². The molecule has 0 aromatic carbocycles. The molecule has 17 heavy (non-hydrogen) atoms. The number of nitrogens with zero attached hydrogens (tertiary/aromatic N) is 1. The molecule has 0 aliphatic rings. The lowest BCUT2D eigenvalue weighted by molar-refractivity contribution is 0.199. The molecule has 0 amide bonds. The number of aromatic nitrogens is 1. The van der Waals surface area contributed by atoms with Crippen LogP contribution in [0.3, 0.4) is 0 Å². The first-order valence-corrected chi connectivity index (χ1v) is 6.40. The van der Waals surface area contributed by atoms with Crippen molar-refractivity contribution < 1.29 is 9.26 Å². The smallest absolute Gasteiger partial charge is 0.177 e. The van der Waals surface area contributed by atoms with Crippen LogP contribution in [0.15, 0.2) is 22.7 Å². The van der Waals surface area contributed by atoms with Gasteiger partial charge in [0.1, 0.15) is 0 Å². The third-order valence-corrected chi connectivity index (χ3v) is 3.41. The number of hydrogen-bond acceptors (Lipinski definition) is 5. The Hall–Kier alpha value is -0.880. The molecule has 0 saturated carbocycles. The molecule has 92 valence electrons. The number of hydrogen-bond donors (Lipinski definition) is 1. The summed E-state index contributed by atoms with van der Waals surface area (Å²) in [6, 6.07) is 5.69. The largest absolute Gasteiger partial charge is 0.383 e. The number of thiophene rings is 1. The van der Waals surface area contributed by atoms with Gasteiger partial charge in [0, 0.05) is 26.3 Å². The molecular formula is C11H13ClN2O2S. The van der Waals surface area contributed by atoms with E-state index >= 15 is 0 Å². The standard InChI is InChI=1S/C11H13ClN2O2S/c1-15-5-4-13-7-8-6-9(16-14-8)10-2-3-11(12)17-10/h2-3,6,13H,4-5,7H2,1H3. The summed E-state index contributed by atoms with van der Waals surface area (Å²) in [7, 11) is 1.68. The van der Waals surface area contributed by atoms with E-state index in [0.29, 0.717) is 13.2 Å². The van der Waals surface area contributed by atoms with Gasteiger partial charge in [-0.05, 0) is 12.1 Å². The summed E-state index contributed by atoms with van der Waals surface area (Å²) in [5.41, 5.74) is 0.876. The minimum Gasteiger partial charge on any atom is -0.383 e. The van der Waals surface area contributed by atoms with E-state index in [1.165, 1.54) is 11.3 Å². The number of methoxy groups -OCH3 is 1. The molecule has 0 atom stereocenters. The lowest BCUT2D eigenvalue weighted by atomic mass is 10.3. The first-order chi connectivity index (χ1) is 8.29. The van der Waals surface area contributed by atoms with Gasteiger partial charge in [0.2, 0.25) is 0 Å². The Morgan fingerprint density at radius 2 is 2.41 bits per heavy atom. The predicted molar refractivity (Wildman–Crippen MR) is 68.4 cm³/mol. The van der Waals surface area contributed by atoms with Crippen LogP contribution >= 0.6 is 22.9 Å². The molecule has 0 aliphatic carbocycles. The highest BCUT2D eigenvalue weighted by Crippen LogP contribution is 2.31. The number of ether oxygens (including phenoxy) is 1. The van der Waals surface area contributed by atoms with E-state index in [9.17, 15) is 0 Å².